The van der Waals surface area contributed by atoms with Gasteiger partial charge in [-0.1, -0.05) is 25.1 Å². The van der Waals surface area contributed by atoms with Crippen LogP contribution < -0.4 is 0 Å². The molecule has 1 heterocycles. The van der Waals surface area contributed by atoms with Crippen LogP contribution in [0.2, 0.25) is 0 Å². The molecule has 0 spiro atoms. The Bertz CT molecular complexity index is 488. The molecule has 1 aromatic heterocycles. The molecule has 0 saturated carbocycles. The lowest BCUT2D eigenvalue weighted by Crippen LogP contribution is -1.99. The second kappa shape index (κ2) is 4.39. The molecule has 0 amide bonds. The van der Waals surface area contributed by atoms with Gasteiger partial charge in [0.05, 0.1) is 6.20 Å². The van der Waals surface area contributed by atoms with Gasteiger partial charge in [-0.05, 0) is 25.0 Å². The van der Waals surface area contributed by atoms with Gasteiger partial charge < -0.3 is 5.11 Å². The summed E-state index contributed by atoms with van der Waals surface area (Å²) in [7, 11) is 0. The first-order valence-corrected chi connectivity index (χ1v) is 5.60. The maximum Gasteiger partial charge on any atom is 0.161 e. The molecular weight excluding hydrogens is 200 g/mol. The fraction of sp³-hybridized carbons (Fsp3) is 0.308. The molecule has 0 saturated heterocycles. The van der Waals surface area contributed by atoms with Crippen molar-refractivity contribution in [1.29, 1.82) is 0 Å². The Morgan fingerprint density at radius 1 is 1.31 bits per heavy atom. The first kappa shape index (κ1) is 10.7. The third kappa shape index (κ3) is 1.81. The van der Waals surface area contributed by atoms with Crippen LogP contribution in [0.15, 0.2) is 30.5 Å². The van der Waals surface area contributed by atoms with Crippen molar-refractivity contribution >= 4 is 0 Å². The van der Waals surface area contributed by atoms with Crippen LogP contribution in [0.5, 0.6) is 5.75 Å². The highest BCUT2D eigenvalue weighted by atomic mass is 16.3. The van der Waals surface area contributed by atoms with Crippen LogP contribution in [0.1, 0.15) is 19.4 Å². The summed E-state index contributed by atoms with van der Waals surface area (Å²) in [5.74, 6) is 0.245. The van der Waals surface area contributed by atoms with Gasteiger partial charge in [-0.2, -0.15) is 5.10 Å². The highest BCUT2D eigenvalue weighted by Crippen LogP contribution is 2.29. The Balaban J connectivity index is 2.53. The Kier molecular flexibility index (Phi) is 2.95. The molecule has 1 N–H and O–H groups in total. The molecule has 3 nitrogen and oxygen atoms in total. The third-order valence-corrected chi connectivity index (χ3v) is 2.73. The Labute approximate surface area is 95.3 Å². The molecule has 0 fully saturated rings. The lowest BCUT2D eigenvalue weighted by Gasteiger charge is -2.06. The lowest BCUT2D eigenvalue weighted by molar-refractivity contribution is 0.476. The van der Waals surface area contributed by atoms with Crippen molar-refractivity contribution in [3.8, 4) is 17.0 Å². The second-order valence-corrected chi connectivity index (χ2v) is 3.75. The van der Waals surface area contributed by atoms with E-state index in [0.29, 0.717) is 0 Å². The Hall–Kier alpha value is -1.77. The van der Waals surface area contributed by atoms with Crippen molar-refractivity contribution in [3.05, 3.63) is 36.0 Å². The van der Waals surface area contributed by atoms with Gasteiger partial charge in [0.2, 0.25) is 0 Å². The van der Waals surface area contributed by atoms with Crippen LogP contribution >= 0.6 is 0 Å². The predicted octanol–water partition coefficient (Wildman–Crippen LogP) is 2.84. The van der Waals surface area contributed by atoms with Crippen molar-refractivity contribution in [2.45, 2.75) is 26.8 Å². The number of aromatic hydroxyl groups is 1. The van der Waals surface area contributed by atoms with Crippen LogP contribution in [-0.2, 0) is 13.0 Å². The molecule has 0 aliphatic carbocycles. The van der Waals surface area contributed by atoms with Gasteiger partial charge in [-0.25, -0.2) is 0 Å². The monoisotopic (exact) mass is 216 g/mol. The first-order valence-electron chi connectivity index (χ1n) is 5.60. The fourth-order valence-corrected chi connectivity index (χ4v) is 1.85. The van der Waals surface area contributed by atoms with E-state index in [9.17, 15) is 5.11 Å². The van der Waals surface area contributed by atoms with Crippen LogP contribution in [0.25, 0.3) is 11.3 Å². The van der Waals surface area contributed by atoms with E-state index in [4.69, 9.17) is 0 Å². The third-order valence-electron chi connectivity index (χ3n) is 2.73. The minimum absolute atomic E-state index is 0.245. The zero-order valence-corrected chi connectivity index (χ0v) is 9.64. The number of nitrogens with zero attached hydrogens (tertiary/aromatic N) is 2. The van der Waals surface area contributed by atoms with E-state index in [-0.39, 0.29) is 5.75 Å². The van der Waals surface area contributed by atoms with Crippen LogP contribution in [-0.4, -0.2) is 14.9 Å². The summed E-state index contributed by atoms with van der Waals surface area (Å²) in [5.41, 5.74) is 3.09. The molecule has 0 bridgehead atoms. The highest BCUT2D eigenvalue weighted by Gasteiger charge is 2.11. The number of aromatic nitrogens is 2. The summed E-state index contributed by atoms with van der Waals surface area (Å²) < 4.78 is 1.81. The number of hydrogen-bond acceptors (Lipinski definition) is 2. The molecule has 16 heavy (non-hydrogen) atoms. The maximum atomic E-state index is 9.80. The number of hydrogen-bond donors (Lipinski definition) is 1. The molecule has 0 atom stereocenters. The van der Waals surface area contributed by atoms with Crippen molar-refractivity contribution in [1.82, 2.24) is 9.78 Å². The van der Waals surface area contributed by atoms with E-state index in [1.807, 2.05) is 23.7 Å². The van der Waals surface area contributed by atoms with Crippen molar-refractivity contribution in [2.24, 2.45) is 0 Å². The first-order chi connectivity index (χ1) is 7.76. The van der Waals surface area contributed by atoms with Crippen molar-refractivity contribution in [3.63, 3.8) is 0 Å². The van der Waals surface area contributed by atoms with Gasteiger partial charge in [0, 0.05) is 12.1 Å². The standard InChI is InChI=1S/C13H16N2O/c1-3-10-6-5-7-11(8-10)13-12(16)9-14-15(13)4-2/h5-9,16H,3-4H2,1-2H3. The molecule has 0 aliphatic rings. The van der Waals surface area contributed by atoms with Gasteiger partial charge in [0.25, 0.3) is 0 Å². The van der Waals surface area contributed by atoms with Gasteiger partial charge in [-0.15, -0.1) is 0 Å². The van der Waals surface area contributed by atoms with Crippen LogP contribution in [0, 0.1) is 0 Å². The zero-order valence-electron chi connectivity index (χ0n) is 9.64. The molecule has 2 aromatic rings. The quantitative estimate of drug-likeness (QED) is 0.856. The summed E-state index contributed by atoms with van der Waals surface area (Å²) in [6.45, 7) is 4.89. The summed E-state index contributed by atoms with van der Waals surface area (Å²) in [5, 5.41) is 13.9. The molecule has 0 aliphatic heterocycles. The molecule has 3 heteroatoms. The minimum Gasteiger partial charge on any atom is -0.504 e. The summed E-state index contributed by atoms with van der Waals surface area (Å²) in [6.07, 6.45) is 2.49. The summed E-state index contributed by atoms with van der Waals surface area (Å²) >= 11 is 0. The SMILES string of the molecule is CCc1cccc(-c2c(O)cnn2CC)c1. The zero-order chi connectivity index (χ0) is 11.5. The van der Waals surface area contributed by atoms with E-state index in [1.54, 1.807) is 0 Å². The van der Waals surface area contributed by atoms with Crippen LogP contribution in [0.3, 0.4) is 0 Å². The highest BCUT2D eigenvalue weighted by molar-refractivity contribution is 5.66. The molecule has 0 unspecified atom stereocenters. The number of aryl methyl sites for hydroxylation is 2. The van der Waals surface area contributed by atoms with Gasteiger partial charge >= 0.3 is 0 Å². The van der Waals surface area contributed by atoms with E-state index < -0.39 is 0 Å². The van der Waals surface area contributed by atoms with Gasteiger partial charge in [0.1, 0.15) is 5.69 Å². The summed E-state index contributed by atoms with van der Waals surface area (Å²) in [6, 6.07) is 8.21. The molecule has 84 valence electrons. The van der Waals surface area contributed by atoms with E-state index in [2.05, 4.69) is 24.2 Å². The Morgan fingerprint density at radius 2 is 2.12 bits per heavy atom. The van der Waals surface area contributed by atoms with Gasteiger partial charge in [-0.3, -0.25) is 4.68 Å². The molecule has 0 radical (unpaired) electrons. The summed E-state index contributed by atoms with van der Waals surface area (Å²) in [4.78, 5) is 0. The van der Waals surface area contributed by atoms with E-state index in [0.717, 1.165) is 24.2 Å². The minimum atomic E-state index is 0.245. The van der Waals surface area contributed by atoms with Crippen molar-refractivity contribution < 1.29 is 5.11 Å². The van der Waals surface area contributed by atoms with Crippen molar-refractivity contribution in [2.75, 3.05) is 0 Å². The number of rotatable bonds is 3. The molecular formula is C13H16N2O. The second-order valence-electron chi connectivity index (χ2n) is 3.75. The molecule has 1 aromatic carbocycles. The molecule has 2 rings (SSSR count). The normalized spacial score (nSPS) is 10.6. The smallest absolute Gasteiger partial charge is 0.161 e. The average Bonchev–Trinajstić information content (AvgIpc) is 2.70. The lowest BCUT2D eigenvalue weighted by atomic mass is 10.1. The largest absolute Gasteiger partial charge is 0.504 e. The van der Waals surface area contributed by atoms with Gasteiger partial charge in [0.15, 0.2) is 5.75 Å². The topological polar surface area (TPSA) is 38.1 Å². The maximum absolute atomic E-state index is 9.80. The van der Waals surface area contributed by atoms with Crippen LogP contribution in [0.4, 0.5) is 0 Å². The van der Waals surface area contributed by atoms with E-state index >= 15 is 0 Å². The average molecular weight is 216 g/mol. The number of benzene rings is 1. The fourth-order valence-electron chi connectivity index (χ4n) is 1.85. The predicted molar refractivity (Wildman–Crippen MR) is 64.4 cm³/mol. The van der Waals surface area contributed by atoms with E-state index in [1.165, 1.54) is 11.8 Å². The Morgan fingerprint density at radius 3 is 2.81 bits per heavy atom.